The van der Waals surface area contributed by atoms with Gasteiger partial charge >= 0.3 is 11.9 Å². The van der Waals surface area contributed by atoms with Gasteiger partial charge in [0.25, 0.3) is 23.6 Å². The molecule has 2 fully saturated rings. The summed E-state index contributed by atoms with van der Waals surface area (Å²) < 4.78 is 5.39. The van der Waals surface area contributed by atoms with E-state index in [4.69, 9.17) is 14.4 Å². The van der Waals surface area contributed by atoms with Gasteiger partial charge in [-0.05, 0) is 25.7 Å². The van der Waals surface area contributed by atoms with Crippen molar-refractivity contribution in [3.63, 3.8) is 0 Å². The molecule has 4 amide bonds. The van der Waals surface area contributed by atoms with E-state index in [0.29, 0.717) is 49.0 Å². The fourth-order valence-corrected chi connectivity index (χ4v) is 2.66. The van der Waals surface area contributed by atoms with Gasteiger partial charge in [0.2, 0.25) is 0 Å². The molecule has 29 heavy (non-hydrogen) atoms. The number of carbonyl (C=O) groups is 6. The maximum atomic E-state index is 11.6. The standard InChI is InChI=1S/C18H24N2O9/c21-13-7-8-14(22)19(13)28-17(25)5-1-3-11-27-12-4-2-6-18(26)29-20-15(23)9-10-16(20)24/h1-12H2. The Bertz CT molecular complexity index is 588. The van der Waals surface area contributed by atoms with Crippen molar-refractivity contribution in [3.05, 3.63) is 0 Å². The number of hydrogen-bond acceptors (Lipinski definition) is 9. The van der Waals surface area contributed by atoms with Crippen LogP contribution in [0.25, 0.3) is 0 Å². The number of carbonyl (C=O) groups excluding carboxylic acids is 6. The van der Waals surface area contributed by atoms with Gasteiger partial charge in [-0.2, -0.15) is 0 Å². The number of unbranched alkanes of at least 4 members (excludes halogenated alkanes) is 2. The summed E-state index contributed by atoms with van der Waals surface area (Å²) in [6, 6.07) is 0. The molecule has 11 heteroatoms. The van der Waals surface area contributed by atoms with Gasteiger partial charge < -0.3 is 14.4 Å². The summed E-state index contributed by atoms with van der Waals surface area (Å²) in [5.74, 6) is -3.30. The second-order valence-corrected chi connectivity index (χ2v) is 6.62. The molecule has 2 heterocycles. The van der Waals surface area contributed by atoms with Gasteiger partial charge in [0, 0.05) is 51.7 Å². The lowest BCUT2D eigenvalue weighted by Gasteiger charge is -2.12. The molecule has 0 spiro atoms. The van der Waals surface area contributed by atoms with Crippen LogP contribution in [0.4, 0.5) is 0 Å². The van der Waals surface area contributed by atoms with Crippen LogP contribution in [0, 0.1) is 0 Å². The molecule has 0 aromatic heterocycles. The van der Waals surface area contributed by atoms with Gasteiger partial charge in [-0.15, -0.1) is 10.1 Å². The van der Waals surface area contributed by atoms with Crippen molar-refractivity contribution in [1.82, 2.24) is 10.1 Å². The average molecular weight is 412 g/mol. The molecule has 0 aromatic carbocycles. The molecule has 0 bridgehead atoms. The fraction of sp³-hybridized carbons (Fsp3) is 0.667. The van der Waals surface area contributed by atoms with Crippen molar-refractivity contribution in [2.75, 3.05) is 13.2 Å². The fourth-order valence-electron chi connectivity index (χ4n) is 2.66. The third kappa shape index (κ3) is 7.26. The molecule has 2 aliphatic heterocycles. The van der Waals surface area contributed by atoms with Crippen molar-refractivity contribution >= 4 is 35.6 Å². The first kappa shape index (κ1) is 22.5. The first-order valence-corrected chi connectivity index (χ1v) is 9.59. The van der Waals surface area contributed by atoms with E-state index in [2.05, 4.69) is 0 Å². The van der Waals surface area contributed by atoms with E-state index in [9.17, 15) is 28.8 Å². The number of nitrogens with zero attached hydrogens (tertiary/aromatic N) is 2. The van der Waals surface area contributed by atoms with E-state index in [0.717, 1.165) is 0 Å². The van der Waals surface area contributed by atoms with E-state index in [1.165, 1.54) is 0 Å². The van der Waals surface area contributed by atoms with Crippen LogP contribution in [-0.4, -0.2) is 58.9 Å². The predicted octanol–water partition coefficient (Wildman–Crippen LogP) is 0.558. The van der Waals surface area contributed by atoms with Gasteiger partial charge in [0.05, 0.1) is 0 Å². The molecule has 0 N–H and O–H groups in total. The van der Waals surface area contributed by atoms with E-state index < -0.39 is 35.6 Å². The SMILES string of the molecule is O=C(CCCCOCCCCC(=O)ON1C(=O)CCC1=O)ON1C(=O)CCC1=O. The third-order valence-corrected chi connectivity index (χ3v) is 4.24. The van der Waals surface area contributed by atoms with Crippen molar-refractivity contribution in [3.8, 4) is 0 Å². The van der Waals surface area contributed by atoms with Crippen LogP contribution in [0.15, 0.2) is 0 Å². The summed E-state index contributed by atoms with van der Waals surface area (Å²) in [6.45, 7) is 0.826. The zero-order chi connectivity index (χ0) is 21.2. The molecule has 0 saturated carbocycles. The first-order valence-electron chi connectivity index (χ1n) is 9.59. The van der Waals surface area contributed by atoms with Gasteiger partial charge in [-0.25, -0.2) is 9.59 Å². The molecule has 2 rings (SSSR count). The van der Waals surface area contributed by atoms with Crippen LogP contribution >= 0.6 is 0 Å². The predicted molar refractivity (Wildman–Crippen MR) is 92.9 cm³/mol. The Balaban J connectivity index is 1.42. The molecule has 2 aliphatic rings. The maximum Gasteiger partial charge on any atom is 0.333 e. The van der Waals surface area contributed by atoms with E-state index in [1.54, 1.807) is 0 Å². The summed E-state index contributed by atoms with van der Waals surface area (Å²) in [4.78, 5) is 78.0. The highest BCUT2D eigenvalue weighted by Gasteiger charge is 2.33. The third-order valence-electron chi connectivity index (χ3n) is 4.24. The van der Waals surface area contributed by atoms with E-state index in [-0.39, 0.29) is 38.5 Å². The number of amides is 4. The van der Waals surface area contributed by atoms with Crippen molar-refractivity contribution < 1.29 is 43.2 Å². The lowest BCUT2D eigenvalue weighted by molar-refractivity contribution is -0.197. The van der Waals surface area contributed by atoms with Crippen LogP contribution in [0.2, 0.25) is 0 Å². The maximum absolute atomic E-state index is 11.6. The Morgan fingerprint density at radius 1 is 0.621 bits per heavy atom. The number of ether oxygens (including phenoxy) is 1. The van der Waals surface area contributed by atoms with Gasteiger partial charge in [0.15, 0.2) is 0 Å². The van der Waals surface area contributed by atoms with Crippen molar-refractivity contribution in [1.29, 1.82) is 0 Å². The van der Waals surface area contributed by atoms with Crippen LogP contribution in [0.5, 0.6) is 0 Å². The normalized spacial score (nSPS) is 16.7. The highest BCUT2D eigenvalue weighted by molar-refractivity contribution is 6.02. The summed E-state index contributed by atoms with van der Waals surface area (Å²) >= 11 is 0. The topological polar surface area (TPSA) is 137 Å². The molecular formula is C18H24N2O9. The molecular weight excluding hydrogens is 388 g/mol. The molecule has 0 aromatic rings. The molecule has 0 atom stereocenters. The van der Waals surface area contributed by atoms with Gasteiger partial charge in [0.1, 0.15) is 0 Å². The number of hydrogen-bond donors (Lipinski definition) is 0. The lowest BCUT2D eigenvalue weighted by atomic mass is 10.2. The highest BCUT2D eigenvalue weighted by Crippen LogP contribution is 2.14. The Kier molecular flexibility index (Phi) is 8.71. The van der Waals surface area contributed by atoms with Crippen molar-refractivity contribution in [2.24, 2.45) is 0 Å². The summed E-state index contributed by atoms with van der Waals surface area (Å²) in [6.07, 6.45) is 2.55. The van der Waals surface area contributed by atoms with Gasteiger partial charge in [-0.3, -0.25) is 19.2 Å². The highest BCUT2D eigenvalue weighted by atomic mass is 16.7. The molecule has 11 nitrogen and oxygen atoms in total. The van der Waals surface area contributed by atoms with E-state index in [1.807, 2.05) is 0 Å². The minimum absolute atomic E-state index is 0.0617. The van der Waals surface area contributed by atoms with Gasteiger partial charge in [-0.1, -0.05) is 0 Å². The average Bonchev–Trinajstić information content (AvgIpc) is 3.16. The smallest absolute Gasteiger partial charge is 0.333 e. The molecule has 0 unspecified atom stereocenters. The lowest BCUT2D eigenvalue weighted by Crippen LogP contribution is -2.32. The molecule has 2 saturated heterocycles. The second kappa shape index (κ2) is 11.2. The van der Waals surface area contributed by atoms with Crippen LogP contribution < -0.4 is 0 Å². The minimum Gasteiger partial charge on any atom is -0.381 e. The van der Waals surface area contributed by atoms with Crippen LogP contribution in [-0.2, 0) is 43.2 Å². The Morgan fingerprint density at radius 2 is 0.966 bits per heavy atom. The Morgan fingerprint density at radius 3 is 1.31 bits per heavy atom. The molecule has 160 valence electrons. The quantitative estimate of drug-likeness (QED) is 0.332. The number of rotatable bonds is 12. The zero-order valence-corrected chi connectivity index (χ0v) is 16.1. The first-order chi connectivity index (χ1) is 13.9. The van der Waals surface area contributed by atoms with Crippen molar-refractivity contribution in [2.45, 2.75) is 64.2 Å². The Labute approximate surface area is 167 Å². The van der Waals surface area contributed by atoms with Crippen LogP contribution in [0.1, 0.15) is 64.2 Å². The largest absolute Gasteiger partial charge is 0.381 e. The second-order valence-electron chi connectivity index (χ2n) is 6.62. The summed E-state index contributed by atoms with van der Waals surface area (Å²) in [5.41, 5.74) is 0. The summed E-state index contributed by atoms with van der Waals surface area (Å²) in [5, 5.41) is 1.05. The summed E-state index contributed by atoms with van der Waals surface area (Å²) in [7, 11) is 0. The number of hydroxylamine groups is 4. The monoisotopic (exact) mass is 412 g/mol. The minimum atomic E-state index is -0.637. The molecule has 0 aliphatic carbocycles. The van der Waals surface area contributed by atoms with E-state index >= 15 is 0 Å². The number of imide groups is 2. The Hall–Kier alpha value is -2.82. The zero-order valence-electron chi connectivity index (χ0n) is 16.1. The molecule has 0 radical (unpaired) electrons. The van der Waals surface area contributed by atoms with Crippen LogP contribution in [0.3, 0.4) is 0 Å².